The largest absolute Gasteiger partial charge is 0.378 e. The zero-order chi connectivity index (χ0) is 21.1. The van der Waals surface area contributed by atoms with Crippen molar-refractivity contribution in [1.82, 2.24) is 10.2 Å². The Kier molecular flexibility index (Phi) is 6.49. The van der Waals surface area contributed by atoms with Gasteiger partial charge in [0.1, 0.15) is 5.82 Å². The van der Waals surface area contributed by atoms with Gasteiger partial charge in [-0.2, -0.15) is 0 Å². The number of nitrogens with zero attached hydrogens (tertiary/aromatic N) is 1. The number of amides is 1. The summed E-state index contributed by atoms with van der Waals surface area (Å²) in [7, 11) is 0. The molecule has 1 N–H and O–H groups in total. The van der Waals surface area contributed by atoms with Gasteiger partial charge >= 0.3 is 0 Å². The van der Waals surface area contributed by atoms with E-state index in [1.54, 1.807) is 0 Å². The molecule has 3 atom stereocenters. The molecular weight excluding hydrogens is 379 g/mol. The highest BCUT2D eigenvalue weighted by molar-refractivity contribution is 5.80. The average Bonchev–Trinajstić information content (AvgIpc) is 3.18. The topological polar surface area (TPSA) is 41.6 Å². The second-order valence-electron chi connectivity index (χ2n) is 8.68. The third-order valence-electron chi connectivity index (χ3n) is 6.58. The predicted molar refractivity (Wildman–Crippen MR) is 116 cm³/mol. The van der Waals surface area contributed by atoms with E-state index in [1.807, 2.05) is 17.0 Å². The number of benzene rings is 2. The van der Waals surface area contributed by atoms with Crippen LogP contribution in [0.25, 0.3) is 0 Å². The minimum absolute atomic E-state index is 0.0785. The van der Waals surface area contributed by atoms with Crippen molar-refractivity contribution in [2.45, 2.75) is 45.2 Å². The van der Waals surface area contributed by atoms with Gasteiger partial charge in [0.05, 0.1) is 13.2 Å². The van der Waals surface area contributed by atoms with Crippen molar-refractivity contribution >= 4 is 5.91 Å². The van der Waals surface area contributed by atoms with E-state index in [0.717, 1.165) is 24.9 Å². The van der Waals surface area contributed by atoms with Crippen LogP contribution in [0, 0.1) is 25.6 Å². The molecule has 1 aliphatic carbocycles. The summed E-state index contributed by atoms with van der Waals surface area (Å²) in [5, 5.41) is 3.69. The first-order valence-corrected chi connectivity index (χ1v) is 10.9. The lowest BCUT2D eigenvalue weighted by molar-refractivity contribution is -0.140. The van der Waals surface area contributed by atoms with Crippen molar-refractivity contribution in [2.75, 3.05) is 26.3 Å². The number of carbonyl (C=O) groups is 1. The van der Waals surface area contributed by atoms with Crippen LogP contribution in [0.3, 0.4) is 0 Å². The predicted octanol–water partition coefficient (Wildman–Crippen LogP) is 3.95. The molecule has 0 aromatic heterocycles. The molecule has 0 bridgehead atoms. The number of aryl methyl sites for hydroxylation is 2. The normalized spacial score (nSPS) is 24.2. The van der Waals surface area contributed by atoms with Crippen LogP contribution in [-0.2, 0) is 16.1 Å². The minimum atomic E-state index is -0.239. The molecular formula is C25H31FN2O2. The molecule has 1 aliphatic heterocycles. The summed E-state index contributed by atoms with van der Waals surface area (Å²) in [6, 6.07) is 13.5. The fourth-order valence-corrected chi connectivity index (χ4v) is 4.87. The lowest BCUT2D eigenvalue weighted by atomic mass is 9.88. The minimum Gasteiger partial charge on any atom is -0.378 e. The first-order valence-electron chi connectivity index (χ1n) is 10.9. The van der Waals surface area contributed by atoms with Crippen LogP contribution in [0.2, 0.25) is 0 Å². The molecule has 2 aliphatic rings. The summed E-state index contributed by atoms with van der Waals surface area (Å²) in [4.78, 5) is 15.3. The number of carbonyl (C=O) groups excluding carboxylic acids is 1. The molecule has 1 heterocycles. The zero-order valence-corrected chi connectivity index (χ0v) is 17.9. The molecule has 1 amide bonds. The van der Waals surface area contributed by atoms with Crippen LogP contribution >= 0.6 is 0 Å². The highest BCUT2D eigenvalue weighted by Crippen LogP contribution is 2.41. The second-order valence-corrected chi connectivity index (χ2v) is 8.68. The monoisotopic (exact) mass is 410 g/mol. The number of rotatable bonds is 5. The Hall–Kier alpha value is -2.24. The number of hydrogen-bond acceptors (Lipinski definition) is 3. The maximum atomic E-state index is 13.5. The van der Waals surface area contributed by atoms with E-state index < -0.39 is 0 Å². The first-order chi connectivity index (χ1) is 14.5. The standard InChI is InChI=1S/C25H31FN2O2/c1-17-3-4-20(18(2)13-17)16-27-22-14-23(19-5-7-21(26)8-6-19)24(15-22)25(29)28-9-11-30-12-10-28/h3-8,13,22-24,27H,9-12,14-16H2,1-2H3/t22-,23+,24-/m0/s1. The Morgan fingerprint density at radius 1 is 1.10 bits per heavy atom. The SMILES string of the molecule is Cc1ccc(CN[C@@H]2C[C@H](C(=O)N3CCOCC3)[C@@H](c3ccc(F)cc3)C2)c(C)c1. The molecule has 30 heavy (non-hydrogen) atoms. The Morgan fingerprint density at radius 2 is 1.83 bits per heavy atom. The van der Waals surface area contributed by atoms with Gasteiger partial charge in [-0.05, 0) is 61.4 Å². The highest BCUT2D eigenvalue weighted by atomic mass is 19.1. The summed E-state index contributed by atoms with van der Waals surface area (Å²) in [6.07, 6.45) is 1.69. The summed E-state index contributed by atoms with van der Waals surface area (Å²) in [5.41, 5.74) is 4.90. The molecule has 5 heteroatoms. The maximum absolute atomic E-state index is 13.5. The molecule has 4 rings (SSSR count). The summed E-state index contributed by atoms with van der Waals surface area (Å²) < 4.78 is 18.9. The number of nitrogens with one attached hydrogen (secondary N) is 1. The lowest BCUT2D eigenvalue weighted by Gasteiger charge is -2.31. The van der Waals surface area contributed by atoms with Crippen molar-refractivity contribution in [3.05, 3.63) is 70.5 Å². The van der Waals surface area contributed by atoms with Gasteiger partial charge < -0.3 is 15.0 Å². The molecule has 160 valence electrons. The van der Waals surface area contributed by atoms with Gasteiger partial charge in [0.15, 0.2) is 0 Å². The van der Waals surface area contributed by atoms with Crippen molar-refractivity contribution in [1.29, 1.82) is 0 Å². The van der Waals surface area contributed by atoms with Crippen LogP contribution in [0.15, 0.2) is 42.5 Å². The molecule has 2 aromatic carbocycles. The van der Waals surface area contributed by atoms with Gasteiger partial charge in [-0.25, -0.2) is 4.39 Å². The first kappa shape index (κ1) is 21.0. The van der Waals surface area contributed by atoms with Crippen LogP contribution in [0.4, 0.5) is 4.39 Å². The van der Waals surface area contributed by atoms with E-state index in [-0.39, 0.29) is 29.6 Å². The molecule has 0 unspecified atom stereocenters. The number of morpholine rings is 1. The van der Waals surface area contributed by atoms with Gasteiger partial charge in [0.25, 0.3) is 0 Å². The Morgan fingerprint density at radius 3 is 2.53 bits per heavy atom. The van der Waals surface area contributed by atoms with E-state index in [9.17, 15) is 9.18 Å². The Bertz CT molecular complexity index is 877. The van der Waals surface area contributed by atoms with E-state index in [1.165, 1.54) is 28.8 Å². The van der Waals surface area contributed by atoms with Crippen LogP contribution in [0.1, 0.15) is 41.0 Å². The Labute approximate surface area is 178 Å². The summed E-state index contributed by atoms with van der Waals surface area (Å²) in [6.45, 7) is 7.58. The van der Waals surface area contributed by atoms with Gasteiger partial charge in [-0.1, -0.05) is 35.9 Å². The van der Waals surface area contributed by atoms with E-state index in [4.69, 9.17) is 4.74 Å². The third-order valence-corrected chi connectivity index (χ3v) is 6.58. The highest BCUT2D eigenvalue weighted by Gasteiger charge is 2.41. The van der Waals surface area contributed by atoms with Gasteiger partial charge in [0.2, 0.25) is 5.91 Å². The van der Waals surface area contributed by atoms with Crippen molar-refractivity contribution in [3.8, 4) is 0 Å². The molecule has 0 radical (unpaired) electrons. The molecule has 2 aromatic rings. The van der Waals surface area contributed by atoms with Crippen molar-refractivity contribution in [2.24, 2.45) is 5.92 Å². The Balaban J connectivity index is 1.49. The van der Waals surface area contributed by atoms with Gasteiger partial charge in [-0.3, -0.25) is 4.79 Å². The number of ether oxygens (including phenoxy) is 1. The van der Waals surface area contributed by atoms with Crippen molar-refractivity contribution < 1.29 is 13.9 Å². The maximum Gasteiger partial charge on any atom is 0.226 e. The number of halogens is 1. The zero-order valence-electron chi connectivity index (χ0n) is 17.9. The molecule has 2 fully saturated rings. The van der Waals surface area contributed by atoms with Crippen molar-refractivity contribution in [3.63, 3.8) is 0 Å². The lowest BCUT2D eigenvalue weighted by Crippen LogP contribution is -2.44. The van der Waals surface area contributed by atoms with E-state index in [2.05, 4.69) is 37.4 Å². The quantitative estimate of drug-likeness (QED) is 0.812. The smallest absolute Gasteiger partial charge is 0.226 e. The molecule has 4 nitrogen and oxygen atoms in total. The van der Waals surface area contributed by atoms with Crippen LogP contribution in [0.5, 0.6) is 0 Å². The average molecular weight is 411 g/mol. The van der Waals surface area contributed by atoms with Crippen LogP contribution in [-0.4, -0.2) is 43.2 Å². The van der Waals surface area contributed by atoms with Crippen LogP contribution < -0.4 is 5.32 Å². The molecule has 1 saturated carbocycles. The van der Waals surface area contributed by atoms with Gasteiger partial charge in [-0.15, -0.1) is 0 Å². The second kappa shape index (κ2) is 9.27. The number of hydrogen-bond donors (Lipinski definition) is 1. The summed E-state index contributed by atoms with van der Waals surface area (Å²) >= 11 is 0. The summed E-state index contributed by atoms with van der Waals surface area (Å²) in [5.74, 6) is 0.00324. The van der Waals surface area contributed by atoms with E-state index in [0.29, 0.717) is 26.3 Å². The van der Waals surface area contributed by atoms with Gasteiger partial charge in [0, 0.05) is 31.6 Å². The van der Waals surface area contributed by atoms with E-state index >= 15 is 0 Å². The molecule has 1 saturated heterocycles. The third kappa shape index (κ3) is 4.73. The molecule has 0 spiro atoms. The fraction of sp³-hybridized carbons (Fsp3) is 0.480. The fourth-order valence-electron chi connectivity index (χ4n) is 4.87.